The third kappa shape index (κ3) is 3.56. The van der Waals surface area contributed by atoms with E-state index in [1.807, 2.05) is 0 Å². The number of hydrogen-bond acceptors (Lipinski definition) is 2. The average Bonchev–Trinajstić information content (AvgIpc) is 2.32. The number of aryl methyl sites for hydroxylation is 1. The fraction of sp³-hybridized carbons (Fsp3) is 0.625. The minimum Gasteiger partial charge on any atom is -0.389 e. The molecule has 0 radical (unpaired) electrons. The van der Waals surface area contributed by atoms with Gasteiger partial charge in [0.15, 0.2) is 0 Å². The van der Waals surface area contributed by atoms with Gasteiger partial charge in [-0.2, -0.15) is 0 Å². The van der Waals surface area contributed by atoms with Gasteiger partial charge in [-0.15, -0.1) is 0 Å². The van der Waals surface area contributed by atoms with Crippen LogP contribution in [0.15, 0.2) is 24.3 Å². The molecule has 0 spiro atoms. The van der Waals surface area contributed by atoms with Gasteiger partial charge in [0.2, 0.25) is 0 Å². The highest BCUT2D eigenvalue weighted by atomic mass is 16.3. The van der Waals surface area contributed by atoms with Gasteiger partial charge in [-0.05, 0) is 37.9 Å². The summed E-state index contributed by atoms with van der Waals surface area (Å²) in [6, 6.07) is 8.49. The van der Waals surface area contributed by atoms with Gasteiger partial charge < -0.3 is 5.11 Å². The highest BCUT2D eigenvalue weighted by Gasteiger charge is 2.30. The van der Waals surface area contributed by atoms with Crippen LogP contribution in [0.25, 0.3) is 0 Å². The lowest BCUT2D eigenvalue weighted by atomic mass is 9.84. The number of benzene rings is 1. The predicted molar refractivity (Wildman–Crippen MR) is 75.5 cm³/mol. The minimum absolute atomic E-state index is 0.449. The van der Waals surface area contributed by atoms with E-state index in [4.69, 9.17) is 0 Å². The Morgan fingerprint density at radius 1 is 1.17 bits per heavy atom. The molecule has 0 amide bonds. The van der Waals surface area contributed by atoms with E-state index in [1.165, 1.54) is 30.4 Å². The van der Waals surface area contributed by atoms with E-state index in [0.29, 0.717) is 0 Å². The molecule has 1 aromatic carbocycles. The van der Waals surface area contributed by atoms with Gasteiger partial charge in [-0.1, -0.05) is 43.5 Å². The van der Waals surface area contributed by atoms with Crippen molar-refractivity contribution in [3.63, 3.8) is 0 Å². The first kappa shape index (κ1) is 13.6. The van der Waals surface area contributed by atoms with E-state index < -0.39 is 5.60 Å². The first-order valence-electron chi connectivity index (χ1n) is 7.04. The Labute approximate surface area is 111 Å². The van der Waals surface area contributed by atoms with E-state index in [1.54, 1.807) is 0 Å². The zero-order chi connectivity index (χ0) is 13.0. The molecule has 0 saturated heterocycles. The van der Waals surface area contributed by atoms with Crippen molar-refractivity contribution in [1.82, 2.24) is 4.90 Å². The summed E-state index contributed by atoms with van der Waals surface area (Å²) < 4.78 is 0. The van der Waals surface area contributed by atoms with Crippen LogP contribution in [-0.2, 0) is 6.54 Å². The Bertz CT molecular complexity index is 382. The third-order valence-electron chi connectivity index (χ3n) is 4.05. The van der Waals surface area contributed by atoms with Crippen LogP contribution in [0, 0.1) is 6.92 Å². The van der Waals surface area contributed by atoms with Gasteiger partial charge in [-0.3, -0.25) is 4.90 Å². The molecule has 100 valence electrons. The molecule has 0 bridgehead atoms. The van der Waals surface area contributed by atoms with Crippen LogP contribution in [-0.4, -0.2) is 29.2 Å². The number of likely N-dealkylation sites (N-methyl/N-ethyl adjacent to an activating group) is 1. The molecule has 1 N–H and O–H groups in total. The molecular weight excluding hydrogens is 222 g/mol. The van der Waals surface area contributed by atoms with Crippen molar-refractivity contribution in [2.45, 2.75) is 51.2 Å². The number of nitrogens with zero attached hydrogens (tertiary/aromatic N) is 1. The first-order valence-corrected chi connectivity index (χ1v) is 7.04. The monoisotopic (exact) mass is 247 g/mol. The summed E-state index contributed by atoms with van der Waals surface area (Å²) in [6.45, 7) is 3.87. The van der Waals surface area contributed by atoms with Gasteiger partial charge >= 0.3 is 0 Å². The number of rotatable bonds is 4. The van der Waals surface area contributed by atoms with Gasteiger partial charge in [0.1, 0.15) is 0 Å². The van der Waals surface area contributed by atoms with Crippen LogP contribution in [0.3, 0.4) is 0 Å². The van der Waals surface area contributed by atoms with Gasteiger partial charge in [0.05, 0.1) is 5.60 Å². The topological polar surface area (TPSA) is 23.5 Å². The normalized spacial score (nSPS) is 19.1. The Balaban J connectivity index is 1.92. The van der Waals surface area contributed by atoms with Crippen molar-refractivity contribution in [2.24, 2.45) is 0 Å². The maximum Gasteiger partial charge on any atom is 0.0774 e. The van der Waals surface area contributed by atoms with Crippen molar-refractivity contribution in [3.8, 4) is 0 Å². The average molecular weight is 247 g/mol. The summed E-state index contributed by atoms with van der Waals surface area (Å²) in [5.41, 5.74) is 2.25. The molecule has 1 aliphatic rings. The van der Waals surface area contributed by atoms with E-state index in [-0.39, 0.29) is 0 Å². The highest BCUT2D eigenvalue weighted by molar-refractivity contribution is 5.25. The summed E-state index contributed by atoms with van der Waals surface area (Å²) in [5.74, 6) is 0. The van der Waals surface area contributed by atoms with Gasteiger partial charge in [-0.25, -0.2) is 0 Å². The van der Waals surface area contributed by atoms with Crippen LogP contribution < -0.4 is 0 Å². The van der Waals surface area contributed by atoms with Crippen molar-refractivity contribution in [1.29, 1.82) is 0 Å². The zero-order valence-electron chi connectivity index (χ0n) is 11.7. The second-order valence-electron chi connectivity index (χ2n) is 5.88. The third-order valence-corrected chi connectivity index (χ3v) is 4.05. The van der Waals surface area contributed by atoms with E-state index >= 15 is 0 Å². The van der Waals surface area contributed by atoms with Crippen LogP contribution >= 0.6 is 0 Å². The van der Waals surface area contributed by atoms with E-state index in [2.05, 4.69) is 43.1 Å². The van der Waals surface area contributed by atoms with Gasteiger partial charge in [0.25, 0.3) is 0 Å². The molecule has 2 rings (SSSR count). The van der Waals surface area contributed by atoms with Crippen molar-refractivity contribution >= 4 is 0 Å². The largest absolute Gasteiger partial charge is 0.389 e. The lowest BCUT2D eigenvalue weighted by Gasteiger charge is -2.35. The van der Waals surface area contributed by atoms with E-state index in [0.717, 1.165) is 25.9 Å². The Morgan fingerprint density at radius 2 is 1.83 bits per heavy atom. The van der Waals surface area contributed by atoms with Gasteiger partial charge in [0, 0.05) is 13.1 Å². The molecule has 0 heterocycles. The lowest BCUT2D eigenvalue weighted by Crippen LogP contribution is -2.42. The Kier molecular flexibility index (Phi) is 4.41. The van der Waals surface area contributed by atoms with Crippen LogP contribution in [0.5, 0.6) is 0 Å². The fourth-order valence-corrected chi connectivity index (χ4v) is 3.00. The molecular formula is C16H25NO. The maximum atomic E-state index is 10.5. The van der Waals surface area contributed by atoms with Crippen LogP contribution in [0.4, 0.5) is 0 Å². The fourth-order valence-electron chi connectivity index (χ4n) is 3.00. The van der Waals surface area contributed by atoms with Crippen LogP contribution in [0.1, 0.15) is 43.2 Å². The maximum absolute atomic E-state index is 10.5. The summed E-state index contributed by atoms with van der Waals surface area (Å²) in [5, 5.41) is 10.5. The van der Waals surface area contributed by atoms with Crippen molar-refractivity contribution in [3.05, 3.63) is 35.4 Å². The predicted octanol–water partition coefficient (Wildman–Crippen LogP) is 3.12. The molecule has 0 atom stereocenters. The Morgan fingerprint density at radius 3 is 2.50 bits per heavy atom. The molecule has 18 heavy (non-hydrogen) atoms. The molecule has 0 aliphatic heterocycles. The second-order valence-corrected chi connectivity index (χ2v) is 5.88. The smallest absolute Gasteiger partial charge is 0.0774 e. The summed E-state index contributed by atoms with van der Waals surface area (Å²) in [6.07, 6.45) is 5.56. The quantitative estimate of drug-likeness (QED) is 0.883. The molecule has 1 saturated carbocycles. The number of hydrogen-bond donors (Lipinski definition) is 1. The molecule has 1 aliphatic carbocycles. The number of aliphatic hydroxyl groups is 1. The molecule has 2 heteroatoms. The van der Waals surface area contributed by atoms with Crippen molar-refractivity contribution in [2.75, 3.05) is 13.6 Å². The first-order chi connectivity index (χ1) is 8.59. The minimum atomic E-state index is -0.449. The van der Waals surface area contributed by atoms with Crippen LogP contribution in [0.2, 0.25) is 0 Å². The molecule has 1 fully saturated rings. The molecule has 1 aromatic rings. The molecule has 0 aromatic heterocycles. The SMILES string of the molecule is Cc1ccccc1CN(C)CC1(O)CCCCC1. The zero-order valence-corrected chi connectivity index (χ0v) is 11.7. The Hall–Kier alpha value is -0.860. The second kappa shape index (κ2) is 5.85. The summed E-state index contributed by atoms with van der Waals surface area (Å²) in [4.78, 5) is 2.26. The molecule has 0 unspecified atom stereocenters. The summed E-state index contributed by atoms with van der Waals surface area (Å²) >= 11 is 0. The summed E-state index contributed by atoms with van der Waals surface area (Å²) in [7, 11) is 2.11. The standard InChI is InChI=1S/C16H25NO/c1-14-8-4-5-9-15(14)12-17(2)13-16(18)10-6-3-7-11-16/h4-5,8-9,18H,3,6-7,10-13H2,1-2H3. The highest BCUT2D eigenvalue weighted by Crippen LogP contribution is 2.28. The lowest BCUT2D eigenvalue weighted by molar-refractivity contribution is -0.0224. The van der Waals surface area contributed by atoms with Crippen molar-refractivity contribution < 1.29 is 5.11 Å². The molecule has 2 nitrogen and oxygen atoms in total. The van der Waals surface area contributed by atoms with E-state index in [9.17, 15) is 5.11 Å².